The molecule has 0 aliphatic heterocycles. The highest BCUT2D eigenvalue weighted by molar-refractivity contribution is 7.99. The predicted octanol–water partition coefficient (Wildman–Crippen LogP) is 6.47. The van der Waals surface area contributed by atoms with Crippen molar-refractivity contribution in [3.05, 3.63) is 58.1 Å². The van der Waals surface area contributed by atoms with Gasteiger partial charge in [0.05, 0.1) is 17.3 Å². The molecule has 2 amide bonds. The molecule has 2 aromatic rings. The summed E-state index contributed by atoms with van der Waals surface area (Å²) in [5.74, 6) is 1.54. The quantitative estimate of drug-likeness (QED) is 0.230. The molecule has 0 saturated carbocycles. The Bertz CT molecular complexity index is 962. The van der Waals surface area contributed by atoms with Crippen molar-refractivity contribution in [3.8, 4) is 5.75 Å². The van der Waals surface area contributed by atoms with Crippen LogP contribution in [0.2, 0.25) is 10.0 Å². The lowest BCUT2D eigenvalue weighted by Gasteiger charge is -2.23. The molecular weight excluding hydrogens is 523 g/mol. The van der Waals surface area contributed by atoms with Crippen molar-refractivity contribution in [1.82, 2.24) is 4.90 Å². The van der Waals surface area contributed by atoms with Crippen molar-refractivity contribution in [2.45, 2.75) is 39.2 Å². The molecular formula is C26H34Cl2N2O5S. The first-order valence-electron chi connectivity index (χ1n) is 12.0. The number of hydrogen-bond donors (Lipinski definition) is 2. The van der Waals surface area contributed by atoms with Crippen molar-refractivity contribution in [1.29, 1.82) is 0 Å². The van der Waals surface area contributed by atoms with E-state index in [-0.39, 0.29) is 12.5 Å². The molecule has 7 nitrogen and oxygen atoms in total. The lowest BCUT2D eigenvalue weighted by atomic mass is 10.1. The van der Waals surface area contributed by atoms with Gasteiger partial charge in [-0.3, -0.25) is 0 Å². The van der Waals surface area contributed by atoms with Crippen molar-refractivity contribution in [3.63, 3.8) is 0 Å². The van der Waals surface area contributed by atoms with E-state index in [1.807, 2.05) is 23.9 Å². The molecule has 0 saturated heterocycles. The van der Waals surface area contributed by atoms with Gasteiger partial charge in [-0.05, 0) is 55.0 Å². The molecule has 0 spiro atoms. The molecule has 0 radical (unpaired) electrons. The molecule has 0 heterocycles. The van der Waals surface area contributed by atoms with Crippen molar-refractivity contribution in [2.75, 3.05) is 43.1 Å². The minimum Gasteiger partial charge on any atom is -0.492 e. The number of urea groups is 1. The number of carbonyl (C=O) groups excluding carboxylic acids is 1. The molecule has 2 rings (SSSR count). The van der Waals surface area contributed by atoms with E-state index in [9.17, 15) is 14.7 Å². The Balaban J connectivity index is 1.93. The van der Waals surface area contributed by atoms with Crippen LogP contribution in [-0.2, 0) is 16.0 Å². The molecule has 1 unspecified atom stereocenters. The minimum atomic E-state index is -0.983. The first-order valence-corrected chi connectivity index (χ1v) is 13.9. The second kappa shape index (κ2) is 16.6. The number of carboxylic acids is 1. The molecule has 0 aromatic heterocycles. The number of ether oxygens (including phenoxy) is 2. The maximum absolute atomic E-state index is 13.0. The Morgan fingerprint density at radius 2 is 1.83 bits per heavy atom. The monoisotopic (exact) mass is 556 g/mol. The zero-order chi connectivity index (χ0) is 26.3. The average Bonchev–Trinajstić information content (AvgIpc) is 2.85. The predicted molar refractivity (Wildman–Crippen MR) is 148 cm³/mol. The van der Waals surface area contributed by atoms with Crippen LogP contribution in [-0.4, -0.2) is 65.9 Å². The van der Waals surface area contributed by atoms with Gasteiger partial charge in [0.15, 0.2) is 6.10 Å². The highest BCUT2D eigenvalue weighted by Gasteiger charge is 2.18. The standard InChI is InChI=1S/C26H34Cl2N2O5S/c1-3-5-15-36-16-13-30(26(33)29-23-11-8-20(27)18-22(23)28)12-14-35-21-9-6-19(7-10-21)17-24(25(31)32)34-4-2/h6-11,18,24H,3-5,12-17H2,1-2H3,(H,29,33)(H,31,32). The lowest BCUT2D eigenvalue weighted by molar-refractivity contribution is -0.149. The third-order valence-corrected chi connectivity index (χ3v) is 6.82. The number of unbranched alkanes of at least 4 members (excludes halogenated alkanes) is 1. The van der Waals surface area contributed by atoms with Crippen LogP contribution >= 0.6 is 35.0 Å². The van der Waals surface area contributed by atoms with Crippen molar-refractivity contribution >= 4 is 52.7 Å². The summed E-state index contributed by atoms with van der Waals surface area (Å²) in [5, 5.41) is 13.0. The molecule has 10 heteroatoms. The molecule has 0 aliphatic carbocycles. The molecule has 0 bridgehead atoms. The van der Waals surface area contributed by atoms with Crippen LogP contribution in [0.3, 0.4) is 0 Å². The second-order valence-electron chi connectivity index (χ2n) is 7.99. The van der Waals surface area contributed by atoms with E-state index in [2.05, 4.69) is 12.2 Å². The highest BCUT2D eigenvalue weighted by atomic mass is 35.5. The van der Waals surface area contributed by atoms with Gasteiger partial charge in [0.1, 0.15) is 12.4 Å². The fourth-order valence-electron chi connectivity index (χ4n) is 3.25. The first-order chi connectivity index (χ1) is 17.3. The summed E-state index contributed by atoms with van der Waals surface area (Å²) in [5.41, 5.74) is 1.34. The molecule has 1 atom stereocenters. The number of thioether (sulfide) groups is 1. The second-order valence-corrected chi connectivity index (χ2v) is 10.1. The fourth-order valence-corrected chi connectivity index (χ4v) is 4.75. The third kappa shape index (κ3) is 10.9. The van der Waals surface area contributed by atoms with Gasteiger partial charge >= 0.3 is 12.0 Å². The number of amides is 2. The van der Waals surface area contributed by atoms with Gasteiger partial charge in [-0.25, -0.2) is 9.59 Å². The molecule has 2 N–H and O–H groups in total. The van der Waals surface area contributed by atoms with Crippen LogP contribution in [0.25, 0.3) is 0 Å². The summed E-state index contributed by atoms with van der Waals surface area (Å²) in [6.07, 6.45) is 1.69. The smallest absolute Gasteiger partial charge is 0.333 e. The van der Waals surface area contributed by atoms with Crippen molar-refractivity contribution in [2.24, 2.45) is 0 Å². The van der Waals surface area contributed by atoms with Gasteiger partial charge in [0, 0.05) is 30.3 Å². The van der Waals surface area contributed by atoms with E-state index >= 15 is 0 Å². The molecule has 198 valence electrons. The van der Waals surface area contributed by atoms with Gasteiger partial charge in [-0.1, -0.05) is 48.7 Å². The fraction of sp³-hybridized carbons (Fsp3) is 0.462. The lowest BCUT2D eigenvalue weighted by Crippen LogP contribution is -2.39. The summed E-state index contributed by atoms with van der Waals surface area (Å²) in [7, 11) is 0. The van der Waals surface area contributed by atoms with Gasteiger partial charge in [0.25, 0.3) is 0 Å². The zero-order valence-corrected chi connectivity index (χ0v) is 23.0. The first kappa shape index (κ1) is 30.1. The number of rotatable bonds is 16. The Morgan fingerprint density at radius 1 is 1.08 bits per heavy atom. The normalized spacial score (nSPS) is 11.7. The Labute approximate surface area is 227 Å². The van der Waals surface area contributed by atoms with E-state index in [1.165, 1.54) is 0 Å². The van der Waals surface area contributed by atoms with Gasteiger partial charge < -0.3 is 24.8 Å². The number of hydrogen-bond acceptors (Lipinski definition) is 5. The maximum Gasteiger partial charge on any atom is 0.333 e. The maximum atomic E-state index is 13.0. The number of nitrogens with one attached hydrogen (secondary N) is 1. The number of halogens is 2. The summed E-state index contributed by atoms with van der Waals surface area (Å²) in [4.78, 5) is 26.0. The topological polar surface area (TPSA) is 88.1 Å². The molecule has 0 aliphatic rings. The Morgan fingerprint density at radius 3 is 2.47 bits per heavy atom. The van der Waals surface area contributed by atoms with Crippen molar-refractivity contribution < 1.29 is 24.2 Å². The number of aliphatic carboxylic acids is 1. The number of carboxylic acid groups (broad SMARTS) is 1. The number of nitrogens with zero attached hydrogens (tertiary/aromatic N) is 1. The van der Waals surface area contributed by atoms with E-state index in [0.29, 0.717) is 47.8 Å². The summed E-state index contributed by atoms with van der Waals surface area (Å²) >= 11 is 14.0. The molecule has 2 aromatic carbocycles. The summed E-state index contributed by atoms with van der Waals surface area (Å²) in [6.45, 7) is 5.52. The SMILES string of the molecule is CCCCSCCN(CCOc1ccc(CC(OCC)C(=O)O)cc1)C(=O)Nc1ccc(Cl)cc1Cl. The van der Waals surface area contributed by atoms with E-state index in [0.717, 1.165) is 29.9 Å². The zero-order valence-electron chi connectivity index (χ0n) is 20.7. The van der Waals surface area contributed by atoms with Crippen LogP contribution in [0, 0.1) is 0 Å². The van der Waals surface area contributed by atoms with E-state index in [1.54, 1.807) is 42.2 Å². The average molecular weight is 558 g/mol. The van der Waals surface area contributed by atoms with Crippen LogP contribution < -0.4 is 10.1 Å². The summed E-state index contributed by atoms with van der Waals surface area (Å²) in [6, 6.07) is 11.9. The van der Waals surface area contributed by atoms with Crippen LogP contribution in [0.4, 0.5) is 10.5 Å². The third-order valence-electron chi connectivity index (χ3n) is 5.23. The number of benzene rings is 2. The van der Waals surface area contributed by atoms with Crippen LogP contribution in [0.5, 0.6) is 5.75 Å². The number of anilines is 1. The van der Waals surface area contributed by atoms with Gasteiger partial charge in [0.2, 0.25) is 0 Å². The van der Waals surface area contributed by atoms with E-state index in [4.69, 9.17) is 32.7 Å². The Hall–Kier alpha value is -2.13. The van der Waals surface area contributed by atoms with Gasteiger partial charge in [-0.15, -0.1) is 0 Å². The van der Waals surface area contributed by atoms with Crippen LogP contribution in [0.15, 0.2) is 42.5 Å². The van der Waals surface area contributed by atoms with Crippen LogP contribution in [0.1, 0.15) is 32.3 Å². The number of carbonyl (C=O) groups is 2. The molecule has 36 heavy (non-hydrogen) atoms. The molecule has 0 fully saturated rings. The summed E-state index contributed by atoms with van der Waals surface area (Å²) < 4.78 is 11.1. The minimum absolute atomic E-state index is 0.259. The Kier molecular flexibility index (Phi) is 13.9. The highest BCUT2D eigenvalue weighted by Crippen LogP contribution is 2.25. The van der Waals surface area contributed by atoms with Gasteiger partial charge in [-0.2, -0.15) is 11.8 Å². The largest absolute Gasteiger partial charge is 0.492 e. The van der Waals surface area contributed by atoms with E-state index < -0.39 is 12.1 Å².